The van der Waals surface area contributed by atoms with E-state index in [1.807, 2.05) is 27.7 Å². The number of methoxy groups -OCH3 is 1. The molecule has 0 radical (unpaired) electrons. The third kappa shape index (κ3) is 4.90. The molecule has 0 unspecified atom stereocenters. The molecule has 1 aromatic rings. The number of carboxylic acids is 1. The molecule has 8 heteroatoms. The van der Waals surface area contributed by atoms with Gasteiger partial charge in [-0.05, 0) is 56.9 Å². The summed E-state index contributed by atoms with van der Waals surface area (Å²) < 4.78 is 17.3. The largest absolute Gasteiger partial charge is 0.497 e. The molecule has 1 amide bonds. The van der Waals surface area contributed by atoms with Gasteiger partial charge in [-0.15, -0.1) is 0 Å². The SMILES string of the molecule is COc1cc(C=C(CNC(C)=O)B2OC(C)(C)C(C)(C)O2)cc(C(=O)O)c1. The molecule has 1 fully saturated rings. The predicted molar refractivity (Wildman–Crippen MR) is 103 cm³/mol. The van der Waals surface area contributed by atoms with Crippen LogP contribution in [0.4, 0.5) is 0 Å². The van der Waals surface area contributed by atoms with Crippen molar-refractivity contribution < 1.29 is 28.7 Å². The zero-order chi connectivity index (χ0) is 20.4. The maximum Gasteiger partial charge on any atom is 0.492 e. The van der Waals surface area contributed by atoms with Gasteiger partial charge in [-0.25, -0.2) is 4.79 Å². The Morgan fingerprint density at radius 1 is 1.19 bits per heavy atom. The minimum Gasteiger partial charge on any atom is -0.497 e. The number of hydrogen-bond donors (Lipinski definition) is 2. The van der Waals surface area contributed by atoms with E-state index in [1.165, 1.54) is 26.2 Å². The maximum atomic E-state index is 11.4. The molecule has 1 aromatic carbocycles. The van der Waals surface area contributed by atoms with E-state index >= 15 is 0 Å². The maximum absolute atomic E-state index is 11.4. The Bertz CT molecular complexity index is 755. The quantitative estimate of drug-likeness (QED) is 0.743. The van der Waals surface area contributed by atoms with Crippen molar-refractivity contribution >= 4 is 25.1 Å². The summed E-state index contributed by atoms with van der Waals surface area (Å²) in [5.74, 6) is -0.814. The summed E-state index contributed by atoms with van der Waals surface area (Å²) in [6.45, 7) is 9.41. The second-order valence-corrected chi connectivity index (χ2v) is 7.52. The number of ether oxygens (including phenoxy) is 1. The van der Waals surface area contributed by atoms with Gasteiger partial charge in [0.05, 0.1) is 23.9 Å². The molecule has 146 valence electrons. The third-order valence-electron chi connectivity index (χ3n) is 4.86. The van der Waals surface area contributed by atoms with Gasteiger partial charge in [0.25, 0.3) is 0 Å². The summed E-state index contributed by atoms with van der Waals surface area (Å²) in [6.07, 6.45) is 1.76. The van der Waals surface area contributed by atoms with Crippen molar-refractivity contribution in [3.05, 3.63) is 34.8 Å². The van der Waals surface area contributed by atoms with Gasteiger partial charge >= 0.3 is 13.1 Å². The molecule has 0 aliphatic carbocycles. The molecule has 7 nitrogen and oxygen atoms in total. The third-order valence-corrected chi connectivity index (χ3v) is 4.86. The molecule has 27 heavy (non-hydrogen) atoms. The summed E-state index contributed by atoms with van der Waals surface area (Å²) in [5.41, 5.74) is 0.324. The van der Waals surface area contributed by atoms with E-state index in [4.69, 9.17) is 14.0 Å². The molecular weight excluding hydrogens is 349 g/mol. The van der Waals surface area contributed by atoms with Crippen LogP contribution in [0, 0.1) is 0 Å². The fourth-order valence-electron chi connectivity index (χ4n) is 2.58. The van der Waals surface area contributed by atoms with E-state index in [1.54, 1.807) is 12.1 Å². The smallest absolute Gasteiger partial charge is 0.492 e. The van der Waals surface area contributed by atoms with Gasteiger partial charge in [0.1, 0.15) is 5.75 Å². The van der Waals surface area contributed by atoms with Crippen molar-refractivity contribution in [2.45, 2.75) is 45.8 Å². The van der Waals surface area contributed by atoms with Crippen LogP contribution in [0.25, 0.3) is 6.08 Å². The van der Waals surface area contributed by atoms with Crippen LogP contribution in [-0.4, -0.2) is 49.0 Å². The van der Waals surface area contributed by atoms with Gasteiger partial charge in [0.15, 0.2) is 0 Å². The lowest BCUT2D eigenvalue weighted by Crippen LogP contribution is -2.41. The van der Waals surface area contributed by atoms with E-state index in [0.29, 0.717) is 16.8 Å². The summed E-state index contributed by atoms with van der Waals surface area (Å²) >= 11 is 0. The summed E-state index contributed by atoms with van der Waals surface area (Å²) in [6, 6.07) is 4.69. The van der Waals surface area contributed by atoms with Gasteiger partial charge in [0.2, 0.25) is 5.91 Å². The average Bonchev–Trinajstić information content (AvgIpc) is 2.78. The second kappa shape index (κ2) is 7.74. The fraction of sp³-hybridized carbons (Fsp3) is 0.474. The lowest BCUT2D eigenvalue weighted by Gasteiger charge is -2.32. The first-order valence-corrected chi connectivity index (χ1v) is 8.68. The van der Waals surface area contributed by atoms with E-state index in [9.17, 15) is 14.7 Å². The van der Waals surface area contributed by atoms with Crippen LogP contribution < -0.4 is 10.1 Å². The van der Waals surface area contributed by atoms with Gasteiger partial charge in [0, 0.05) is 13.5 Å². The van der Waals surface area contributed by atoms with Gasteiger partial charge in [-0.2, -0.15) is 0 Å². The zero-order valence-electron chi connectivity index (χ0n) is 16.6. The molecular formula is C19H26BNO6. The van der Waals surface area contributed by atoms with Crippen LogP contribution >= 0.6 is 0 Å². The second-order valence-electron chi connectivity index (χ2n) is 7.52. The number of carbonyl (C=O) groups excluding carboxylic acids is 1. The van der Waals surface area contributed by atoms with E-state index in [0.717, 1.165) is 0 Å². The van der Waals surface area contributed by atoms with Crippen LogP contribution in [0.15, 0.2) is 23.7 Å². The number of aromatic carboxylic acids is 1. The van der Waals surface area contributed by atoms with Crippen LogP contribution in [0.1, 0.15) is 50.5 Å². The lowest BCUT2D eigenvalue weighted by molar-refractivity contribution is -0.118. The summed E-state index contributed by atoms with van der Waals surface area (Å²) in [7, 11) is 0.808. The summed E-state index contributed by atoms with van der Waals surface area (Å²) in [4.78, 5) is 22.8. The van der Waals surface area contributed by atoms with Crippen LogP contribution in [0.2, 0.25) is 0 Å². The monoisotopic (exact) mass is 375 g/mol. The molecule has 1 heterocycles. The van der Waals surface area contributed by atoms with Crippen molar-refractivity contribution in [1.29, 1.82) is 0 Å². The van der Waals surface area contributed by atoms with Crippen LogP contribution in [0.3, 0.4) is 0 Å². The van der Waals surface area contributed by atoms with Crippen molar-refractivity contribution in [3.63, 3.8) is 0 Å². The highest BCUT2D eigenvalue weighted by Gasteiger charge is 2.52. The average molecular weight is 375 g/mol. The van der Waals surface area contributed by atoms with Gasteiger partial charge < -0.3 is 24.5 Å². The molecule has 1 aliphatic heterocycles. The number of benzene rings is 1. The molecule has 0 spiro atoms. The van der Waals surface area contributed by atoms with Crippen LogP contribution in [-0.2, 0) is 14.1 Å². The highest BCUT2D eigenvalue weighted by Crippen LogP contribution is 2.38. The number of hydrogen-bond acceptors (Lipinski definition) is 5. The minimum absolute atomic E-state index is 0.105. The van der Waals surface area contributed by atoms with E-state index < -0.39 is 24.3 Å². The molecule has 0 saturated carbocycles. The molecule has 0 aromatic heterocycles. The standard InChI is InChI=1S/C19H26BNO6/c1-12(22)21-11-15(20-26-18(2,3)19(4,5)27-20)8-13-7-14(17(23)24)10-16(9-13)25-6/h7-10H,11H2,1-6H3,(H,21,22)(H,23,24). The van der Waals surface area contributed by atoms with Crippen molar-refractivity contribution in [3.8, 4) is 5.75 Å². The highest BCUT2D eigenvalue weighted by atomic mass is 16.7. The Hall–Kier alpha value is -2.32. The summed E-state index contributed by atoms with van der Waals surface area (Å²) in [5, 5.41) is 12.1. The first kappa shape index (κ1) is 21.0. The van der Waals surface area contributed by atoms with Crippen molar-refractivity contribution in [2.24, 2.45) is 0 Å². The molecule has 1 saturated heterocycles. The van der Waals surface area contributed by atoms with E-state index in [-0.39, 0.29) is 18.0 Å². The van der Waals surface area contributed by atoms with Crippen LogP contribution in [0.5, 0.6) is 5.75 Å². The van der Waals surface area contributed by atoms with E-state index in [2.05, 4.69) is 5.32 Å². The number of amides is 1. The zero-order valence-corrected chi connectivity index (χ0v) is 16.6. The number of carboxylic acid groups (broad SMARTS) is 1. The molecule has 2 rings (SSSR count). The number of rotatable bonds is 6. The van der Waals surface area contributed by atoms with Gasteiger partial charge in [-0.3, -0.25) is 4.79 Å². The molecule has 2 N–H and O–H groups in total. The minimum atomic E-state index is -1.05. The first-order valence-electron chi connectivity index (χ1n) is 8.68. The molecule has 1 aliphatic rings. The number of nitrogens with one attached hydrogen (secondary N) is 1. The Morgan fingerprint density at radius 2 is 1.78 bits per heavy atom. The Balaban J connectivity index is 2.44. The van der Waals surface area contributed by atoms with Gasteiger partial charge in [-0.1, -0.05) is 6.08 Å². The topological polar surface area (TPSA) is 94.1 Å². The predicted octanol–water partition coefficient (Wildman–Crippen LogP) is 2.54. The Morgan fingerprint density at radius 3 is 2.26 bits per heavy atom. The van der Waals surface area contributed by atoms with Crippen molar-refractivity contribution in [2.75, 3.05) is 13.7 Å². The first-order chi connectivity index (χ1) is 12.4. The Labute approximate surface area is 159 Å². The normalized spacial score (nSPS) is 18.3. The fourth-order valence-corrected chi connectivity index (χ4v) is 2.58. The lowest BCUT2D eigenvalue weighted by atomic mass is 9.77. The number of carbonyl (C=O) groups is 2. The highest BCUT2D eigenvalue weighted by molar-refractivity contribution is 6.56. The Kier molecular flexibility index (Phi) is 6.02. The molecule has 0 bridgehead atoms. The van der Waals surface area contributed by atoms with Crippen molar-refractivity contribution in [1.82, 2.24) is 5.32 Å². The molecule has 0 atom stereocenters.